The maximum Gasteiger partial charge on any atom is 0.253 e. The Kier molecular flexibility index (Phi) is 4.02. The number of hydrogen-bond acceptors (Lipinski definition) is 3. The molecule has 1 fully saturated rings. The first-order chi connectivity index (χ1) is 8.18. The minimum Gasteiger partial charge on any atom is -0.398 e. The lowest BCUT2D eigenvalue weighted by Crippen LogP contribution is -2.34. The molecule has 0 radical (unpaired) electrons. The Hall–Kier alpha value is -1.07. The zero-order valence-electron chi connectivity index (χ0n) is 9.58. The van der Waals surface area contributed by atoms with E-state index < -0.39 is 0 Å². The molecule has 4 nitrogen and oxygen atoms in total. The van der Waals surface area contributed by atoms with Crippen LogP contribution in [0.4, 0.5) is 5.69 Å². The number of nitrogens with zero attached hydrogens (tertiary/aromatic N) is 1. The molecule has 0 aliphatic carbocycles. The van der Waals surface area contributed by atoms with E-state index in [0.717, 1.165) is 37.1 Å². The van der Waals surface area contributed by atoms with Crippen LogP contribution in [-0.4, -0.2) is 37.0 Å². The van der Waals surface area contributed by atoms with E-state index >= 15 is 0 Å². The predicted molar refractivity (Wildman–Crippen MR) is 71.9 cm³/mol. The number of nitrogens with two attached hydrogens (primary N) is 1. The van der Waals surface area contributed by atoms with E-state index in [1.807, 2.05) is 11.0 Å². The molecule has 1 aromatic rings. The molecule has 1 amide bonds. The van der Waals surface area contributed by atoms with Crippen LogP contribution in [-0.2, 0) is 0 Å². The van der Waals surface area contributed by atoms with Gasteiger partial charge in [-0.05, 0) is 47.1 Å². The maximum absolute atomic E-state index is 12.2. The third-order valence-corrected chi connectivity index (χ3v) is 3.59. The average Bonchev–Trinajstić information content (AvgIpc) is 2.60. The fourth-order valence-corrected chi connectivity index (χ4v) is 2.15. The van der Waals surface area contributed by atoms with Crippen LogP contribution in [0.2, 0.25) is 0 Å². The number of rotatable bonds is 1. The van der Waals surface area contributed by atoms with Gasteiger partial charge in [-0.3, -0.25) is 4.79 Å². The summed E-state index contributed by atoms with van der Waals surface area (Å²) in [5.41, 5.74) is 7.05. The van der Waals surface area contributed by atoms with Crippen LogP contribution >= 0.6 is 15.9 Å². The molecule has 17 heavy (non-hydrogen) atoms. The van der Waals surface area contributed by atoms with Crippen molar-refractivity contribution in [3.05, 3.63) is 28.2 Å². The summed E-state index contributed by atoms with van der Waals surface area (Å²) in [5.74, 6) is 0.0629. The van der Waals surface area contributed by atoms with Gasteiger partial charge in [0, 0.05) is 35.4 Å². The number of carbonyl (C=O) groups is 1. The number of carbonyl (C=O) groups excluding carboxylic acids is 1. The second kappa shape index (κ2) is 5.51. The van der Waals surface area contributed by atoms with E-state index in [9.17, 15) is 4.79 Å². The lowest BCUT2D eigenvalue weighted by molar-refractivity contribution is 0.0766. The number of halogens is 1. The Labute approximate surface area is 109 Å². The van der Waals surface area contributed by atoms with Gasteiger partial charge in [0.25, 0.3) is 5.91 Å². The van der Waals surface area contributed by atoms with Crippen molar-refractivity contribution >= 4 is 27.5 Å². The van der Waals surface area contributed by atoms with Crippen molar-refractivity contribution in [1.82, 2.24) is 10.2 Å². The monoisotopic (exact) mass is 297 g/mol. The molecular formula is C12H16BrN3O. The standard InChI is InChI=1S/C12H16BrN3O/c13-10-3-2-9(8-11(10)14)12(17)16-6-1-4-15-5-7-16/h2-3,8,15H,1,4-7,14H2. The van der Waals surface area contributed by atoms with Crippen molar-refractivity contribution in [3.63, 3.8) is 0 Å². The summed E-state index contributed by atoms with van der Waals surface area (Å²) >= 11 is 3.33. The van der Waals surface area contributed by atoms with E-state index in [-0.39, 0.29) is 5.91 Å². The molecule has 2 rings (SSSR count). The van der Waals surface area contributed by atoms with Crippen LogP contribution in [0.1, 0.15) is 16.8 Å². The molecule has 0 spiro atoms. The van der Waals surface area contributed by atoms with E-state index in [1.54, 1.807) is 12.1 Å². The molecule has 0 aromatic heterocycles. The Morgan fingerprint density at radius 3 is 2.94 bits per heavy atom. The first-order valence-corrected chi connectivity index (χ1v) is 6.53. The molecule has 0 unspecified atom stereocenters. The molecule has 1 heterocycles. The maximum atomic E-state index is 12.2. The van der Waals surface area contributed by atoms with Gasteiger partial charge in [0.15, 0.2) is 0 Å². The van der Waals surface area contributed by atoms with Gasteiger partial charge in [-0.2, -0.15) is 0 Å². The molecule has 0 atom stereocenters. The second-order valence-corrected chi connectivity index (χ2v) is 4.99. The van der Waals surface area contributed by atoms with E-state index in [4.69, 9.17) is 5.73 Å². The van der Waals surface area contributed by atoms with Crippen molar-refractivity contribution in [3.8, 4) is 0 Å². The summed E-state index contributed by atoms with van der Waals surface area (Å²) in [4.78, 5) is 14.1. The number of nitrogen functional groups attached to an aromatic ring is 1. The first kappa shape index (κ1) is 12.4. The van der Waals surface area contributed by atoms with Gasteiger partial charge in [0.05, 0.1) is 0 Å². The third kappa shape index (κ3) is 2.98. The van der Waals surface area contributed by atoms with Gasteiger partial charge in [-0.15, -0.1) is 0 Å². The summed E-state index contributed by atoms with van der Waals surface area (Å²) < 4.78 is 0.826. The number of nitrogens with one attached hydrogen (secondary N) is 1. The molecule has 1 saturated heterocycles. The highest BCUT2D eigenvalue weighted by atomic mass is 79.9. The van der Waals surface area contributed by atoms with Gasteiger partial charge in [0.2, 0.25) is 0 Å². The van der Waals surface area contributed by atoms with Gasteiger partial charge in [0.1, 0.15) is 0 Å². The van der Waals surface area contributed by atoms with Gasteiger partial charge in [-0.25, -0.2) is 0 Å². The van der Waals surface area contributed by atoms with Crippen LogP contribution in [0, 0.1) is 0 Å². The number of benzene rings is 1. The second-order valence-electron chi connectivity index (χ2n) is 4.13. The minimum absolute atomic E-state index is 0.0629. The van der Waals surface area contributed by atoms with Crippen LogP contribution < -0.4 is 11.1 Å². The highest BCUT2D eigenvalue weighted by Gasteiger charge is 2.17. The Morgan fingerprint density at radius 2 is 2.18 bits per heavy atom. The Bertz CT molecular complexity index is 414. The fourth-order valence-electron chi connectivity index (χ4n) is 1.91. The highest BCUT2D eigenvalue weighted by Crippen LogP contribution is 2.21. The minimum atomic E-state index is 0.0629. The van der Waals surface area contributed by atoms with Gasteiger partial charge >= 0.3 is 0 Å². The summed E-state index contributed by atoms with van der Waals surface area (Å²) in [6, 6.07) is 5.35. The number of hydrogen-bond donors (Lipinski definition) is 2. The highest BCUT2D eigenvalue weighted by molar-refractivity contribution is 9.10. The van der Waals surface area contributed by atoms with Crippen LogP contribution in [0.25, 0.3) is 0 Å². The van der Waals surface area contributed by atoms with E-state index in [0.29, 0.717) is 11.3 Å². The molecule has 0 bridgehead atoms. The molecule has 1 aromatic carbocycles. The summed E-state index contributed by atoms with van der Waals surface area (Å²) in [5, 5.41) is 3.28. The smallest absolute Gasteiger partial charge is 0.253 e. The van der Waals surface area contributed by atoms with Crippen LogP contribution in [0.5, 0.6) is 0 Å². The summed E-state index contributed by atoms with van der Waals surface area (Å²) in [6.07, 6.45) is 0.998. The third-order valence-electron chi connectivity index (χ3n) is 2.87. The van der Waals surface area contributed by atoms with E-state index in [1.165, 1.54) is 0 Å². The lowest BCUT2D eigenvalue weighted by atomic mass is 10.1. The van der Waals surface area contributed by atoms with Crippen molar-refractivity contribution in [2.45, 2.75) is 6.42 Å². The van der Waals surface area contributed by atoms with Crippen LogP contribution in [0.15, 0.2) is 22.7 Å². The SMILES string of the molecule is Nc1cc(C(=O)N2CCCNCC2)ccc1Br. The van der Waals surface area contributed by atoms with Crippen molar-refractivity contribution in [1.29, 1.82) is 0 Å². The quantitative estimate of drug-likeness (QED) is 0.772. The number of anilines is 1. The van der Waals surface area contributed by atoms with E-state index in [2.05, 4.69) is 21.2 Å². The molecular weight excluding hydrogens is 282 g/mol. The van der Waals surface area contributed by atoms with Gasteiger partial charge < -0.3 is 16.0 Å². The van der Waals surface area contributed by atoms with Crippen molar-refractivity contribution in [2.24, 2.45) is 0 Å². The zero-order valence-corrected chi connectivity index (χ0v) is 11.2. The topological polar surface area (TPSA) is 58.4 Å². The predicted octanol–water partition coefficient (Wildman–Crippen LogP) is 1.47. The first-order valence-electron chi connectivity index (χ1n) is 5.73. The van der Waals surface area contributed by atoms with Crippen LogP contribution in [0.3, 0.4) is 0 Å². The molecule has 0 saturated carbocycles. The largest absolute Gasteiger partial charge is 0.398 e. The fraction of sp³-hybridized carbons (Fsp3) is 0.417. The Balaban J connectivity index is 2.14. The van der Waals surface area contributed by atoms with Crippen molar-refractivity contribution < 1.29 is 4.79 Å². The summed E-state index contributed by atoms with van der Waals surface area (Å²) in [7, 11) is 0. The lowest BCUT2D eigenvalue weighted by Gasteiger charge is -2.20. The number of amides is 1. The average molecular weight is 298 g/mol. The molecule has 92 valence electrons. The van der Waals surface area contributed by atoms with Gasteiger partial charge in [-0.1, -0.05) is 0 Å². The molecule has 1 aliphatic rings. The molecule has 5 heteroatoms. The normalized spacial score (nSPS) is 16.6. The van der Waals surface area contributed by atoms with Crippen molar-refractivity contribution in [2.75, 3.05) is 31.9 Å². The summed E-state index contributed by atoms with van der Waals surface area (Å²) in [6.45, 7) is 3.40. The zero-order chi connectivity index (χ0) is 12.3. The molecule has 1 aliphatic heterocycles. The molecule has 3 N–H and O–H groups in total. The Morgan fingerprint density at radius 1 is 1.35 bits per heavy atom.